The van der Waals surface area contributed by atoms with Gasteiger partial charge < -0.3 is 19.5 Å². The lowest BCUT2D eigenvalue weighted by Gasteiger charge is -2.36. The van der Waals surface area contributed by atoms with Crippen LogP contribution in [0.2, 0.25) is 0 Å². The number of piperidine rings is 1. The van der Waals surface area contributed by atoms with Gasteiger partial charge in [-0.2, -0.15) is 0 Å². The summed E-state index contributed by atoms with van der Waals surface area (Å²) in [5.74, 6) is 0.820. The van der Waals surface area contributed by atoms with Crippen LogP contribution in [0.4, 0.5) is 0 Å². The molecule has 2 bridgehead atoms. The van der Waals surface area contributed by atoms with Gasteiger partial charge in [0, 0.05) is 36.6 Å². The predicted octanol–water partition coefficient (Wildman–Crippen LogP) is 4.21. The van der Waals surface area contributed by atoms with Gasteiger partial charge in [-0.05, 0) is 50.4 Å². The molecule has 1 N–H and O–H groups in total. The highest BCUT2D eigenvalue weighted by Crippen LogP contribution is 2.37. The van der Waals surface area contributed by atoms with Gasteiger partial charge in [0.15, 0.2) is 0 Å². The summed E-state index contributed by atoms with van der Waals surface area (Å²) >= 11 is 0. The second-order valence-electron chi connectivity index (χ2n) is 8.72. The molecule has 2 unspecified atom stereocenters. The minimum atomic E-state index is 0.0265. The molecule has 0 saturated carbocycles. The lowest BCUT2D eigenvalue weighted by Crippen LogP contribution is -2.48. The molecule has 0 radical (unpaired) electrons. The third-order valence-electron chi connectivity index (χ3n) is 7.12. The van der Waals surface area contributed by atoms with E-state index in [1.165, 1.54) is 12.8 Å². The Bertz CT molecular complexity index is 1070. The molecule has 0 spiro atoms. The fourth-order valence-corrected chi connectivity index (χ4v) is 5.49. The van der Waals surface area contributed by atoms with Crippen molar-refractivity contribution in [1.29, 1.82) is 0 Å². The van der Waals surface area contributed by atoms with E-state index in [0.29, 0.717) is 12.1 Å². The summed E-state index contributed by atoms with van der Waals surface area (Å²) < 4.78 is 7.55. The van der Waals surface area contributed by atoms with Crippen LogP contribution < -0.4 is 10.1 Å². The third-order valence-corrected chi connectivity index (χ3v) is 7.12. The summed E-state index contributed by atoms with van der Waals surface area (Å²) in [5.41, 5.74) is 3.76. The van der Waals surface area contributed by atoms with Crippen molar-refractivity contribution in [3.8, 4) is 17.0 Å². The van der Waals surface area contributed by atoms with Gasteiger partial charge in [-0.15, -0.1) is 0 Å². The number of benzene rings is 2. The van der Waals surface area contributed by atoms with Crippen LogP contribution >= 0.6 is 0 Å². The zero-order chi connectivity index (χ0) is 20.8. The number of methoxy groups -OCH3 is 1. The van der Waals surface area contributed by atoms with E-state index < -0.39 is 0 Å². The minimum absolute atomic E-state index is 0.0265. The number of ether oxygens (including phenoxy) is 1. The molecule has 1 amide bonds. The lowest BCUT2D eigenvalue weighted by atomic mass is 9.97. The van der Waals surface area contributed by atoms with Crippen LogP contribution in [-0.4, -0.2) is 47.7 Å². The van der Waals surface area contributed by atoms with Crippen molar-refractivity contribution < 1.29 is 9.53 Å². The Morgan fingerprint density at radius 1 is 1.03 bits per heavy atom. The number of aryl methyl sites for hydroxylation is 1. The minimum Gasteiger partial charge on any atom is -0.497 e. The topological polar surface area (TPSA) is 46.5 Å². The van der Waals surface area contributed by atoms with Crippen LogP contribution in [-0.2, 0) is 7.05 Å². The fourth-order valence-electron chi connectivity index (χ4n) is 5.49. The number of carbonyl (C=O) groups excluding carboxylic acids is 1. The van der Waals surface area contributed by atoms with Gasteiger partial charge in [-0.1, -0.05) is 30.3 Å². The van der Waals surface area contributed by atoms with E-state index in [1.54, 1.807) is 7.11 Å². The lowest BCUT2D eigenvalue weighted by molar-refractivity contribution is 0.0884. The van der Waals surface area contributed by atoms with E-state index in [4.69, 9.17) is 4.74 Å². The van der Waals surface area contributed by atoms with Gasteiger partial charge in [0.1, 0.15) is 5.75 Å². The molecule has 5 rings (SSSR count). The molecular formula is C25H29N3O2. The van der Waals surface area contributed by atoms with Crippen molar-refractivity contribution >= 4 is 16.8 Å². The molecule has 2 aliphatic rings. The molecular weight excluding hydrogens is 374 g/mol. The first-order valence-electron chi connectivity index (χ1n) is 10.8. The first-order valence-corrected chi connectivity index (χ1v) is 10.8. The number of aromatic nitrogens is 1. The first kappa shape index (κ1) is 19.2. The van der Waals surface area contributed by atoms with Gasteiger partial charge >= 0.3 is 0 Å². The molecule has 30 heavy (non-hydrogen) atoms. The van der Waals surface area contributed by atoms with E-state index in [9.17, 15) is 4.79 Å². The summed E-state index contributed by atoms with van der Waals surface area (Å²) in [6.07, 6.45) is 4.57. The SMILES string of the molecule is COc1ccc2c(C(=O)NC3CC4CCC(C3)N4C)c(-c3ccccc3)n(C)c2c1. The van der Waals surface area contributed by atoms with Gasteiger partial charge in [0.2, 0.25) is 0 Å². The van der Waals surface area contributed by atoms with Crippen LogP contribution in [0.5, 0.6) is 5.75 Å². The summed E-state index contributed by atoms with van der Waals surface area (Å²) in [7, 11) is 5.92. The maximum absolute atomic E-state index is 13.6. The van der Waals surface area contributed by atoms with Crippen LogP contribution in [0.3, 0.4) is 0 Å². The maximum atomic E-state index is 13.6. The maximum Gasteiger partial charge on any atom is 0.254 e. The average molecular weight is 404 g/mol. The fraction of sp³-hybridized carbons (Fsp3) is 0.400. The van der Waals surface area contributed by atoms with Gasteiger partial charge in [0.05, 0.1) is 23.9 Å². The Labute approximate surface area is 177 Å². The van der Waals surface area contributed by atoms with Crippen molar-refractivity contribution in [3.05, 3.63) is 54.1 Å². The molecule has 3 aromatic rings. The second kappa shape index (κ2) is 7.47. The molecule has 2 fully saturated rings. The van der Waals surface area contributed by atoms with E-state index in [2.05, 4.69) is 34.0 Å². The molecule has 156 valence electrons. The van der Waals surface area contributed by atoms with E-state index >= 15 is 0 Å². The number of nitrogens with one attached hydrogen (secondary N) is 1. The highest BCUT2D eigenvalue weighted by atomic mass is 16.5. The summed E-state index contributed by atoms with van der Waals surface area (Å²) in [6, 6.07) is 17.6. The van der Waals surface area contributed by atoms with Crippen LogP contribution in [0.25, 0.3) is 22.2 Å². The second-order valence-corrected chi connectivity index (χ2v) is 8.72. The highest BCUT2D eigenvalue weighted by molar-refractivity contribution is 6.13. The van der Waals surface area contributed by atoms with Crippen LogP contribution in [0, 0.1) is 0 Å². The molecule has 0 aliphatic carbocycles. The zero-order valence-corrected chi connectivity index (χ0v) is 17.9. The standard InChI is InChI=1S/C25H29N3O2/c1-27-18-9-10-19(27)14-17(13-18)26-25(29)23-21-12-11-20(30-3)15-22(21)28(2)24(23)16-7-5-4-6-8-16/h4-8,11-12,15,17-19H,9-10,13-14H2,1-3H3,(H,26,29). The van der Waals surface area contributed by atoms with Gasteiger partial charge in [0.25, 0.3) is 5.91 Å². The van der Waals surface area contributed by atoms with Gasteiger partial charge in [-0.25, -0.2) is 0 Å². The normalized spacial score (nSPS) is 23.6. The molecule has 2 aliphatic heterocycles. The van der Waals surface area contributed by atoms with E-state index in [1.807, 2.05) is 43.4 Å². The zero-order valence-electron chi connectivity index (χ0n) is 17.9. The molecule has 2 saturated heterocycles. The molecule has 5 heteroatoms. The predicted molar refractivity (Wildman–Crippen MR) is 120 cm³/mol. The number of hydrogen-bond acceptors (Lipinski definition) is 3. The number of hydrogen-bond donors (Lipinski definition) is 1. The highest BCUT2D eigenvalue weighted by Gasteiger charge is 2.39. The van der Waals surface area contributed by atoms with Crippen LogP contribution in [0.15, 0.2) is 48.5 Å². The average Bonchev–Trinajstić information content (AvgIpc) is 3.15. The summed E-state index contributed by atoms with van der Waals surface area (Å²) in [5, 5.41) is 4.35. The van der Waals surface area contributed by atoms with E-state index in [-0.39, 0.29) is 11.9 Å². The quantitative estimate of drug-likeness (QED) is 0.710. The molecule has 2 atom stereocenters. The Morgan fingerprint density at radius 2 is 1.73 bits per heavy atom. The van der Waals surface area contributed by atoms with E-state index in [0.717, 1.165) is 46.3 Å². The Kier molecular flexibility index (Phi) is 4.78. The van der Waals surface area contributed by atoms with Gasteiger partial charge in [-0.3, -0.25) is 4.79 Å². The molecule has 1 aromatic heterocycles. The Morgan fingerprint density at radius 3 is 2.40 bits per heavy atom. The van der Waals surface area contributed by atoms with Crippen molar-refractivity contribution in [2.75, 3.05) is 14.2 Å². The number of amides is 1. The smallest absolute Gasteiger partial charge is 0.254 e. The molecule has 2 aromatic carbocycles. The Hall–Kier alpha value is -2.79. The van der Waals surface area contributed by atoms with Crippen molar-refractivity contribution in [2.45, 2.75) is 43.8 Å². The third kappa shape index (κ3) is 3.08. The molecule has 5 nitrogen and oxygen atoms in total. The number of carbonyl (C=O) groups is 1. The molecule has 3 heterocycles. The summed E-state index contributed by atoms with van der Waals surface area (Å²) in [6.45, 7) is 0. The number of fused-ring (bicyclic) bond motifs is 3. The number of rotatable bonds is 4. The largest absolute Gasteiger partial charge is 0.497 e. The van der Waals surface area contributed by atoms with Crippen molar-refractivity contribution in [1.82, 2.24) is 14.8 Å². The number of nitrogens with zero attached hydrogens (tertiary/aromatic N) is 2. The van der Waals surface area contributed by atoms with Crippen LogP contribution in [0.1, 0.15) is 36.0 Å². The Balaban J connectivity index is 1.56. The first-order chi connectivity index (χ1) is 14.6. The summed E-state index contributed by atoms with van der Waals surface area (Å²) in [4.78, 5) is 16.1. The monoisotopic (exact) mass is 403 g/mol. The van der Waals surface area contributed by atoms with Crippen molar-refractivity contribution in [3.63, 3.8) is 0 Å². The van der Waals surface area contributed by atoms with Crippen molar-refractivity contribution in [2.24, 2.45) is 7.05 Å².